The van der Waals surface area contributed by atoms with E-state index in [1.807, 2.05) is 6.26 Å². The molecule has 0 unspecified atom stereocenters. The van der Waals surface area contributed by atoms with Crippen LogP contribution >= 0.6 is 23.4 Å². The molecule has 1 aromatic rings. The summed E-state index contributed by atoms with van der Waals surface area (Å²) in [6.45, 7) is 0. The van der Waals surface area contributed by atoms with Crippen molar-refractivity contribution in [1.82, 2.24) is 5.32 Å². The molecule has 0 aliphatic rings. The number of carbonyl (C=O) groups excluding carboxylic acids is 1. The number of thioether (sulfide) groups is 1. The van der Waals surface area contributed by atoms with Crippen LogP contribution in [0.15, 0.2) is 24.3 Å². The average molecular weight is 302 g/mol. The minimum Gasteiger partial charge on any atom is -0.480 e. The van der Waals surface area contributed by atoms with Crippen molar-refractivity contribution in [2.45, 2.75) is 18.9 Å². The summed E-state index contributed by atoms with van der Waals surface area (Å²) in [6, 6.07) is 6.07. The van der Waals surface area contributed by atoms with Gasteiger partial charge in [0.1, 0.15) is 6.04 Å². The van der Waals surface area contributed by atoms with Gasteiger partial charge in [0, 0.05) is 5.02 Å². The van der Waals surface area contributed by atoms with Crippen LogP contribution in [0, 0.1) is 0 Å². The Labute approximate surface area is 121 Å². The average Bonchev–Trinajstić information content (AvgIpc) is 2.37. The van der Waals surface area contributed by atoms with Crippen LogP contribution in [-0.2, 0) is 16.0 Å². The van der Waals surface area contributed by atoms with E-state index in [1.54, 1.807) is 36.0 Å². The molecule has 0 saturated heterocycles. The zero-order valence-corrected chi connectivity index (χ0v) is 12.1. The minimum absolute atomic E-state index is 0.153. The molecule has 1 amide bonds. The maximum atomic E-state index is 11.8. The Hall–Kier alpha value is -1.20. The predicted molar refractivity (Wildman–Crippen MR) is 77.7 cm³/mol. The number of rotatable bonds is 7. The van der Waals surface area contributed by atoms with Crippen molar-refractivity contribution in [2.75, 3.05) is 12.0 Å². The van der Waals surface area contributed by atoms with Crippen LogP contribution in [0.2, 0.25) is 5.02 Å². The third-order valence-electron chi connectivity index (χ3n) is 2.52. The number of carboxylic acid groups (broad SMARTS) is 1. The molecule has 0 fully saturated rings. The van der Waals surface area contributed by atoms with Gasteiger partial charge in [0.2, 0.25) is 5.91 Å². The molecule has 0 radical (unpaired) electrons. The Morgan fingerprint density at radius 1 is 1.37 bits per heavy atom. The molecule has 0 aromatic heterocycles. The molecule has 0 bridgehead atoms. The fraction of sp³-hybridized carbons (Fsp3) is 0.385. The van der Waals surface area contributed by atoms with E-state index in [9.17, 15) is 9.59 Å². The first-order valence-corrected chi connectivity index (χ1v) is 7.55. The summed E-state index contributed by atoms with van der Waals surface area (Å²) in [5.74, 6) is -0.604. The van der Waals surface area contributed by atoms with Crippen molar-refractivity contribution in [2.24, 2.45) is 0 Å². The van der Waals surface area contributed by atoms with Gasteiger partial charge in [-0.2, -0.15) is 11.8 Å². The summed E-state index contributed by atoms with van der Waals surface area (Å²) in [5, 5.41) is 12.1. The number of hydrogen-bond donors (Lipinski definition) is 2. The number of benzene rings is 1. The summed E-state index contributed by atoms with van der Waals surface area (Å²) in [7, 11) is 0. The zero-order valence-electron chi connectivity index (χ0n) is 10.6. The molecule has 1 atom stereocenters. The monoisotopic (exact) mass is 301 g/mol. The molecular weight excluding hydrogens is 286 g/mol. The topological polar surface area (TPSA) is 66.4 Å². The molecule has 104 valence electrons. The second-order valence-electron chi connectivity index (χ2n) is 4.04. The van der Waals surface area contributed by atoms with Gasteiger partial charge in [0.25, 0.3) is 0 Å². The van der Waals surface area contributed by atoms with E-state index < -0.39 is 12.0 Å². The highest BCUT2D eigenvalue weighted by atomic mass is 35.5. The van der Waals surface area contributed by atoms with Crippen molar-refractivity contribution in [3.8, 4) is 0 Å². The van der Waals surface area contributed by atoms with Crippen LogP contribution in [0.1, 0.15) is 12.0 Å². The Morgan fingerprint density at radius 2 is 2.00 bits per heavy atom. The van der Waals surface area contributed by atoms with Gasteiger partial charge in [0.15, 0.2) is 0 Å². The van der Waals surface area contributed by atoms with Crippen molar-refractivity contribution in [1.29, 1.82) is 0 Å². The second-order valence-corrected chi connectivity index (χ2v) is 5.47. The number of hydrogen-bond acceptors (Lipinski definition) is 3. The smallest absolute Gasteiger partial charge is 0.326 e. The van der Waals surface area contributed by atoms with E-state index in [0.29, 0.717) is 17.2 Å². The largest absolute Gasteiger partial charge is 0.480 e. The number of halogens is 1. The summed E-state index contributed by atoms with van der Waals surface area (Å²) in [6.07, 6.45) is 2.47. The second kappa shape index (κ2) is 8.07. The highest BCUT2D eigenvalue weighted by Gasteiger charge is 2.19. The number of aliphatic carboxylic acids is 1. The van der Waals surface area contributed by atoms with Gasteiger partial charge in [-0.25, -0.2) is 4.79 Å². The lowest BCUT2D eigenvalue weighted by atomic mass is 10.1. The predicted octanol–water partition coefficient (Wildman–Crippen LogP) is 2.20. The van der Waals surface area contributed by atoms with Crippen LogP contribution in [0.3, 0.4) is 0 Å². The first-order chi connectivity index (χ1) is 9.02. The fourth-order valence-corrected chi connectivity index (χ4v) is 2.12. The van der Waals surface area contributed by atoms with Gasteiger partial charge in [-0.1, -0.05) is 23.7 Å². The fourth-order valence-electron chi connectivity index (χ4n) is 1.53. The summed E-state index contributed by atoms with van der Waals surface area (Å²) < 4.78 is 0. The van der Waals surface area contributed by atoms with Crippen LogP contribution < -0.4 is 5.32 Å². The lowest BCUT2D eigenvalue weighted by Gasteiger charge is -2.13. The number of nitrogens with one attached hydrogen (secondary N) is 1. The number of amides is 1. The van der Waals surface area contributed by atoms with Crippen molar-refractivity contribution >= 4 is 35.2 Å². The third-order valence-corrected chi connectivity index (χ3v) is 3.42. The van der Waals surface area contributed by atoms with Gasteiger partial charge < -0.3 is 10.4 Å². The van der Waals surface area contributed by atoms with E-state index in [1.165, 1.54) is 0 Å². The Morgan fingerprint density at radius 3 is 2.53 bits per heavy atom. The zero-order chi connectivity index (χ0) is 14.3. The molecule has 2 N–H and O–H groups in total. The van der Waals surface area contributed by atoms with Crippen molar-refractivity contribution in [3.63, 3.8) is 0 Å². The van der Waals surface area contributed by atoms with E-state index in [0.717, 1.165) is 5.56 Å². The maximum Gasteiger partial charge on any atom is 0.326 e. The first-order valence-electron chi connectivity index (χ1n) is 5.78. The van der Waals surface area contributed by atoms with Gasteiger partial charge in [0.05, 0.1) is 6.42 Å². The van der Waals surface area contributed by atoms with Crippen LogP contribution in [0.5, 0.6) is 0 Å². The van der Waals surface area contributed by atoms with E-state index in [-0.39, 0.29) is 12.3 Å². The molecule has 0 aliphatic carbocycles. The SMILES string of the molecule is CSCC[C@@H](NC(=O)Cc1ccc(Cl)cc1)C(=O)O. The standard InChI is InChI=1S/C13H16ClNO3S/c1-19-7-6-11(13(17)18)15-12(16)8-9-2-4-10(14)5-3-9/h2-5,11H,6-8H2,1H3,(H,15,16)(H,17,18)/t11-/m1/s1. The van der Waals surface area contributed by atoms with E-state index >= 15 is 0 Å². The summed E-state index contributed by atoms with van der Waals surface area (Å²) in [5.41, 5.74) is 0.802. The molecule has 19 heavy (non-hydrogen) atoms. The lowest BCUT2D eigenvalue weighted by molar-refractivity contribution is -0.141. The molecule has 0 saturated carbocycles. The maximum absolute atomic E-state index is 11.8. The molecule has 6 heteroatoms. The van der Waals surface area contributed by atoms with Crippen LogP contribution in [0.4, 0.5) is 0 Å². The highest BCUT2D eigenvalue weighted by Crippen LogP contribution is 2.10. The summed E-state index contributed by atoms with van der Waals surface area (Å²) >= 11 is 7.30. The number of carbonyl (C=O) groups is 2. The van der Waals surface area contributed by atoms with Crippen LogP contribution in [0.25, 0.3) is 0 Å². The van der Waals surface area contributed by atoms with Gasteiger partial charge in [-0.3, -0.25) is 4.79 Å². The van der Waals surface area contributed by atoms with Crippen molar-refractivity contribution < 1.29 is 14.7 Å². The molecule has 0 spiro atoms. The first kappa shape index (κ1) is 15.9. The highest BCUT2D eigenvalue weighted by molar-refractivity contribution is 7.98. The minimum atomic E-state index is -1.00. The Bertz CT molecular complexity index is 436. The lowest BCUT2D eigenvalue weighted by Crippen LogP contribution is -2.41. The van der Waals surface area contributed by atoms with E-state index in [2.05, 4.69) is 5.32 Å². The van der Waals surface area contributed by atoms with Gasteiger partial charge in [-0.15, -0.1) is 0 Å². The van der Waals surface area contributed by atoms with Gasteiger partial charge >= 0.3 is 5.97 Å². The quantitative estimate of drug-likeness (QED) is 0.810. The Balaban J connectivity index is 2.52. The molecule has 1 rings (SSSR count). The normalized spacial score (nSPS) is 11.9. The summed E-state index contributed by atoms with van der Waals surface area (Å²) in [4.78, 5) is 22.8. The molecule has 0 aliphatic heterocycles. The molecular formula is C13H16ClNO3S. The Kier molecular flexibility index (Phi) is 6.73. The number of carboxylic acids is 1. The molecule has 0 heterocycles. The third kappa shape index (κ3) is 5.98. The van der Waals surface area contributed by atoms with Gasteiger partial charge in [-0.05, 0) is 36.1 Å². The van der Waals surface area contributed by atoms with Crippen molar-refractivity contribution in [3.05, 3.63) is 34.9 Å². The van der Waals surface area contributed by atoms with E-state index in [4.69, 9.17) is 16.7 Å². The molecule has 4 nitrogen and oxygen atoms in total. The van der Waals surface area contributed by atoms with Crippen LogP contribution in [-0.4, -0.2) is 35.0 Å². The molecule has 1 aromatic carbocycles.